The molecule has 0 saturated heterocycles. The second kappa shape index (κ2) is 7.59. The smallest absolute Gasteiger partial charge is 0.354 e. The first-order valence-corrected chi connectivity index (χ1v) is 9.15. The number of carbonyl (C=O) groups is 2. The molecule has 2 N–H and O–H groups in total. The van der Waals surface area contributed by atoms with Gasteiger partial charge in [-0.25, -0.2) is 9.78 Å². The summed E-state index contributed by atoms with van der Waals surface area (Å²) >= 11 is 0. The number of aromatic carboxylic acids is 1. The molecule has 0 radical (unpaired) electrons. The normalized spacial score (nSPS) is 13.4. The lowest BCUT2D eigenvalue weighted by Gasteiger charge is -2.09. The molecule has 2 aromatic heterocycles. The van der Waals surface area contributed by atoms with Gasteiger partial charge in [0.2, 0.25) is 0 Å². The van der Waals surface area contributed by atoms with Crippen LogP contribution in [0.4, 0.5) is 5.69 Å². The topological polar surface area (TPSA) is 110 Å². The van der Waals surface area contributed by atoms with Gasteiger partial charge in [0.05, 0.1) is 5.56 Å². The number of pyridine rings is 1. The molecule has 1 amide bonds. The van der Waals surface area contributed by atoms with Crippen molar-refractivity contribution in [2.75, 3.05) is 5.32 Å². The van der Waals surface area contributed by atoms with E-state index in [2.05, 4.69) is 25.1 Å². The third kappa shape index (κ3) is 3.62. The van der Waals surface area contributed by atoms with Gasteiger partial charge in [-0.05, 0) is 37.1 Å². The van der Waals surface area contributed by atoms with E-state index in [-0.39, 0.29) is 17.2 Å². The Morgan fingerprint density at radius 3 is 2.75 bits per heavy atom. The lowest BCUT2D eigenvalue weighted by molar-refractivity contribution is 0.0690. The molecule has 142 valence electrons. The third-order valence-electron chi connectivity index (χ3n) is 4.73. The molecule has 8 heteroatoms. The number of aryl methyl sites for hydroxylation is 1. The molecule has 8 nitrogen and oxygen atoms in total. The average molecular weight is 377 g/mol. The number of carbonyl (C=O) groups excluding carboxylic acids is 1. The molecule has 0 saturated carbocycles. The van der Waals surface area contributed by atoms with Gasteiger partial charge in [0.25, 0.3) is 5.91 Å². The minimum atomic E-state index is -1.13. The Morgan fingerprint density at radius 2 is 1.96 bits per heavy atom. The molecule has 1 aliphatic heterocycles. The van der Waals surface area contributed by atoms with Crippen LogP contribution in [0.1, 0.15) is 45.9 Å². The quantitative estimate of drug-likeness (QED) is 0.723. The molecule has 1 aromatic carbocycles. The average Bonchev–Trinajstić information content (AvgIpc) is 2.96. The lowest BCUT2D eigenvalue weighted by atomic mass is 10.1. The number of fused-ring (bicyclic) bond motifs is 1. The Morgan fingerprint density at radius 1 is 1.07 bits per heavy atom. The molecule has 4 rings (SSSR count). The van der Waals surface area contributed by atoms with Crippen LogP contribution in [0, 0.1) is 0 Å². The maximum Gasteiger partial charge on any atom is 0.354 e. The number of hydrogen-bond acceptors (Lipinski definition) is 5. The van der Waals surface area contributed by atoms with Crippen LogP contribution in [-0.2, 0) is 13.0 Å². The van der Waals surface area contributed by atoms with E-state index in [1.807, 2.05) is 18.2 Å². The summed E-state index contributed by atoms with van der Waals surface area (Å²) in [5.41, 5.74) is 1.69. The van der Waals surface area contributed by atoms with Crippen LogP contribution in [0.15, 0.2) is 42.6 Å². The molecule has 1 aliphatic rings. The predicted octanol–water partition coefficient (Wildman–Crippen LogP) is 3.02. The fourth-order valence-electron chi connectivity index (χ4n) is 3.29. The number of rotatable bonds is 4. The second-order valence-corrected chi connectivity index (χ2v) is 6.67. The van der Waals surface area contributed by atoms with Gasteiger partial charge in [0.15, 0.2) is 5.82 Å². The molecule has 0 spiro atoms. The van der Waals surface area contributed by atoms with E-state index in [4.69, 9.17) is 5.11 Å². The number of carboxylic acids is 1. The Hall–Kier alpha value is -3.55. The molecular weight excluding hydrogens is 358 g/mol. The fourth-order valence-corrected chi connectivity index (χ4v) is 3.29. The number of nitrogens with one attached hydrogen (secondary N) is 1. The highest BCUT2D eigenvalue weighted by Crippen LogP contribution is 2.25. The minimum Gasteiger partial charge on any atom is -0.477 e. The van der Waals surface area contributed by atoms with Crippen LogP contribution >= 0.6 is 0 Å². The predicted molar refractivity (Wildman–Crippen MR) is 102 cm³/mol. The van der Waals surface area contributed by atoms with Crippen molar-refractivity contribution in [1.82, 2.24) is 19.7 Å². The Kier molecular flexibility index (Phi) is 4.84. The Balaban J connectivity index is 1.55. The maximum absolute atomic E-state index is 12.4. The molecule has 0 unspecified atom stereocenters. The number of amides is 1. The molecule has 3 heterocycles. The highest BCUT2D eigenvalue weighted by atomic mass is 16.4. The first-order valence-electron chi connectivity index (χ1n) is 9.15. The first kappa shape index (κ1) is 17.8. The molecule has 0 atom stereocenters. The van der Waals surface area contributed by atoms with Gasteiger partial charge in [0, 0.05) is 30.4 Å². The number of anilines is 1. The number of nitrogens with zero attached hydrogens (tertiary/aromatic N) is 4. The number of hydrogen-bond donors (Lipinski definition) is 2. The van der Waals surface area contributed by atoms with E-state index in [9.17, 15) is 9.59 Å². The zero-order valence-electron chi connectivity index (χ0n) is 15.1. The van der Waals surface area contributed by atoms with Crippen LogP contribution in [-0.4, -0.2) is 36.7 Å². The van der Waals surface area contributed by atoms with Gasteiger partial charge in [-0.3, -0.25) is 4.79 Å². The first-order chi connectivity index (χ1) is 13.6. The number of benzene rings is 1. The lowest BCUT2D eigenvalue weighted by Crippen LogP contribution is -2.13. The van der Waals surface area contributed by atoms with Gasteiger partial charge in [-0.2, -0.15) is 0 Å². The van der Waals surface area contributed by atoms with Crippen molar-refractivity contribution in [3.8, 4) is 11.4 Å². The van der Waals surface area contributed by atoms with Crippen LogP contribution in [0.2, 0.25) is 0 Å². The van der Waals surface area contributed by atoms with Crippen molar-refractivity contribution in [2.45, 2.75) is 32.2 Å². The van der Waals surface area contributed by atoms with E-state index in [0.29, 0.717) is 5.69 Å². The zero-order chi connectivity index (χ0) is 19.5. The van der Waals surface area contributed by atoms with Gasteiger partial charge >= 0.3 is 5.97 Å². The summed E-state index contributed by atoms with van der Waals surface area (Å²) in [5, 5.41) is 20.4. The van der Waals surface area contributed by atoms with Crippen molar-refractivity contribution in [3.05, 3.63) is 59.7 Å². The monoisotopic (exact) mass is 377 g/mol. The van der Waals surface area contributed by atoms with Crippen molar-refractivity contribution in [1.29, 1.82) is 0 Å². The van der Waals surface area contributed by atoms with E-state index in [1.165, 1.54) is 24.8 Å². The second-order valence-electron chi connectivity index (χ2n) is 6.67. The van der Waals surface area contributed by atoms with Crippen molar-refractivity contribution < 1.29 is 14.7 Å². The van der Waals surface area contributed by atoms with Crippen LogP contribution in [0.5, 0.6) is 0 Å². The van der Waals surface area contributed by atoms with Crippen molar-refractivity contribution in [2.24, 2.45) is 0 Å². The van der Waals surface area contributed by atoms with Crippen molar-refractivity contribution >= 4 is 17.6 Å². The molecular formula is C20H19N5O3. The molecule has 0 fully saturated rings. The van der Waals surface area contributed by atoms with Crippen LogP contribution in [0.25, 0.3) is 11.4 Å². The molecule has 0 bridgehead atoms. The Bertz CT molecular complexity index is 1030. The number of carboxylic acid groups (broad SMARTS) is 1. The van der Waals surface area contributed by atoms with Crippen LogP contribution in [0.3, 0.4) is 0 Å². The van der Waals surface area contributed by atoms with Gasteiger partial charge in [0.1, 0.15) is 11.5 Å². The SMILES string of the molecule is O=C(Nc1cccc(-c2nnc3n2CCCCC3)c1)c1ccc(C(=O)O)nc1. The highest BCUT2D eigenvalue weighted by molar-refractivity contribution is 6.04. The summed E-state index contributed by atoms with van der Waals surface area (Å²) in [6, 6.07) is 10.2. The summed E-state index contributed by atoms with van der Waals surface area (Å²) in [4.78, 5) is 27.1. The molecule has 28 heavy (non-hydrogen) atoms. The fraction of sp³-hybridized carbons (Fsp3) is 0.250. The summed E-state index contributed by atoms with van der Waals surface area (Å²) in [7, 11) is 0. The van der Waals surface area contributed by atoms with E-state index in [1.54, 1.807) is 6.07 Å². The van der Waals surface area contributed by atoms with Gasteiger partial charge in [-0.15, -0.1) is 10.2 Å². The molecule has 3 aromatic rings. The van der Waals surface area contributed by atoms with Crippen LogP contribution < -0.4 is 5.32 Å². The summed E-state index contributed by atoms with van der Waals surface area (Å²) in [6.07, 6.45) is 5.61. The summed E-state index contributed by atoms with van der Waals surface area (Å²) in [5.74, 6) is 0.320. The molecule has 0 aliphatic carbocycles. The van der Waals surface area contributed by atoms with Gasteiger partial charge < -0.3 is 15.0 Å². The summed E-state index contributed by atoms with van der Waals surface area (Å²) in [6.45, 7) is 0.899. The zero-order valence-corrected chi connectivity index (χ0v) is 15.1. The van der Waals surface area contributed by atoms with Gasteiger partial charge in [-0.1, -0.05) is 18.6 Å². The standard InChI is InChI=1S/C20H19N5O3/c26-19(14-8-9-16(20(27)28)21-12-14)22-15-6-4-5-13(11-15)18-24-23-17-7-2-1-3-10-25(17)18/h4-6,8-9,11-12H,1-3,7,10H2,(H,22,26)(H,27,28). The highest BCUT2D eigenvalue weighted by Gasteiger charge is 2.16. The summed E-state index contributed by atoms with van der Waals surface area (Å²) < 4.78 is 2.16. The Labute approximate surface area is 161 Å². The number of aromatic nitrogens is 4. The minimum absolute atomic E-state index is 0.106. The van der Waals surface area contributed by atoms with Crippen molar-refractivity contribution in [3.63, 3.8) is 0 Å². The maximum atomic E-state index is 12.4. The third-order valence-corrected chi connectivity index (χ3v) is 4.73. The van der Waals surface area contributed by atoms with E-state index >= 15 is 0 Å². The van der Waals surface area contributed by atoms with E-state index in [0.717, 1.165) is 43.0 Å². The van der Waals surface area contributed by atoms with E-state index < -0.39 is 5.97 Å². The largest absolute Gasteiger partial charge is 0.477 e.